The van der Waals surface area contributed by atoms with E-state index in [0.29, 0.717) is 0 Å². The Hall–Kier alpha value is -1.00. The van der Waals surface area contributed by atoms with Crippen LogP contribution in [0.3, 0.4) is 0 Å². The van der Waals surface area contributed by atoms with Gasteiger partial charge in [-0.05, 0) is 31.2 Å². The Balaban J connectivity index is 2.08. The smallest absolute Gasteiger partial charge is 0.0931 e. The van der Waals surface area contributed by atoms with Crippen LogP contribution in [0.5, 0.6) is 0 Å². The van der Waals surface area contributed by atoms with Gasteiger partial charge in [0.15, 0.2) is 0 Å². The molecular formula is C11H15N3S. The minimum atomic E-state index is 0.798. The maximum Gasteiger partial charge on any atom is 0.0931 e. The largest absolute Gasteiger partial charge is 0.345 e. The Morgan fingerprint density at radius 3 is 3.13 bits per heavy atom. The minimum absolute atomic E-state index is 0.798. The van der Waals surface area contributed by atoms with Gasteiger partial charge in [0.2, 0.25) is 0 Å². The van der Waals surface area contributed by atoms with Crippen molar-refractivity contribution < 1.29 is 0 Å². The summed E-state index contributed by atoms with van der Waals surface area (Å²) in [6, 6.07) is 6.35. The first-order chi connectivity index (χ1) is 7.29. The van der Waals surface area contributed by atoms with Crippen molar-refractivity contribution in [3.8, 4) is 0 Å². The van der Waals surface area contributed by atoms with E-state index in [2.05, 4.69) is 52.7 Å². The third-order valence-electron chi connectivity index (χ3n) is 2.51. The summed E-state index contributed by atoms with van der Waals surface area (Å²) in [5.41, 5.74) is 3.47. The number of hydrogen-bond donors (Lipinski definition) is 2. The first-order valence-corrected chi connectivity index (χ1v) is 5.64. The fourth-order valence-corrected chi connectivity index (χ4v) is 1.67. The molecule has 1 heterocycles. The summed E-state index contributed by atoms with van der Waals surface area (Å²) >= 11 is 4.22. The van der Waals surface area contributed by atoms with Gasteiger partial charge in [-0.15, -0.1) is 0 Å². The number of likely N-dealkylation sites (N-methyl/N-ethyl adjacent to an activating group) is 1. The molecule has 2 aromatic rings. The lowest BCUT2D eigenvalue weighted by molar-refractivity contribution is 0.399. The molecule has 0 aliphatic heterocycles. The first-order valence-electron chi connectivity index (χ1n) is 5.01. The number of hydrogen-bond acceptors (Lipinski definition) is 3. The van der Waals surface area contributed by atoms with Crippen molar-refractivity contribution in [2.75, 3.05) is 19.5 Å². The topological polar surface area (TPSA) is 31.9 Å². The van der Waals surface area contributed by atoms with Crippen LogP contribution in [0.4, 0.5) is 0 Å². The zero-order valence-corrected chi connectivity index (χ0v) is 9.67. The van der Waals surface area contributed by atoms with Gasteiger partial charge < -0.3 is 4.98 Å². The minimum Gasteiger partial charge on any atom is -0.345 e. The molecule has 0 bridgehead atoms. The van der Waals surface area contributed by atoms with Crippen LogP contribution in [0.15, 0.2) is 24.5 Å². The Morgan fingerprint density at radius 2 is 2.33 bits per heavy atom. The number of aromatic nitrogens is 2. The number of fused-ring (bicyclic) bond motifs is 1. The number of rotatable bonds is 4. The zero-order valence-electron chi connectivity index (χ0n) is 8.77. The summed E-state index contributed by atoms with van der Waals surface area (Å²) in [5, 5.41) is 0. The normalized spacial score (nSPS) is 11.4. The number of nitrogens with zero attached hydrogens (tertiary/aromatic N) is 2. The number of benzene rings is 1. The lowest BCUT2D eigenvalue weighted by Gasteiger charge is -2.12. The highest BCUT2D eigenvalue weighted by Crippen LogP contribution is 2.12. The molecule has 80 valence electrons. The van der Waals surface area contributed by atoms with Gasteiger partial charge in [-0.2, -0.15) is 12.6 Å². The van der Waals surface area contributed by atoms with E-state index in [1.54, 1.807) is 6.33 Å². The van der Waals surface area contributed by atoms with Crippen LogP contribution < -0.4 is 0 Å². The second-order valence-corrected chi connectivity index (χ2v) is 4.01. The van der Waals surface area contributed by atoms with Crippen molar-refractivity contribution in [3.05, 3.63) is 30.1 Å². The van der Waals surface area contributed by atoms with Crippen molar-refractivity contribution in [1.82, 2.24) is 14.9 Å². The molecule has 1 aromatic carbocycles. The molecule has 2 rings (SSSR count). The maximum absolute atomic E-state index is 4.22. The quantitative estimate of drug-likeness (QED) is 0.610. The Bertz CT molecular complexity index is 438. The van der Waals surface area contributed by atoms with Crippen molar-refractivity contribution in [2.45, 2.75) is 6.42 Å². The van der Waals surface area contributed by atoms with Gasteiger partial charge in [0, 0.05) is 12.4 Å². The van der Waals surface area contributed by atoms with Crippen LogP contribution in [0.1, 0.15) is 5.56 Å². The first kappa shape index (κ1) is 10.5. The summed E-state index contributed by atoms with van der Waals surface area (Å²) in [6.07, 6.45) is 2.78. The molecule has 0 saturated heterocycles. The summed E-state index contributed by atoms with van der Waals surface area (Å²) < 4.78 is 0. The van der Waals surface area contributed by atoms with Crippen LogP contribution in [0, 0.1) is 0 Å². The highest BCUT2D eigenvalue weighted by molar-refractivity contribution is 7.80. The molecule has 4 heteroatoms. The van der Waals surface area contributed by atoms with Gasteiger partial charge in [-0.3, -0.25) is 4.90 Å². The lowest BCUT2D eigenvalue weighted by Crippen LogP contribution is -2.19. The molecule has 1 N–H and O–H groups in total. The molecule has 0 spiro atoms. The Labute approximate surface area is 94.9 Å². The second-order valence-electron chi connectivity index (χ2n) is 3.73. The molecule has 0 atom stereocenters. The highest BCUT2D eigenvalue weighted by atomic mass is 32.1. The number of aromatic amines is 1. The van der Waals surface area contributed by atoms with Gasteiger partial charge >= 0.3 is 0 Å². The van der Waals surface area contributed by atoms with Crippen LogP contribution in [-0.2, 0) is 6.42 Å². The molecule has 0 saturated carbocycles. The van der Waals surface area contributed by atoms with Gasteiger partial charge in [0.1, 0.15) is 0 Å². The van der Waals surface area contributed by atoms with E-state index >= 15 is 0 Å². The number of thiol groups is 1. The summed E-state index contributed by atoms with van der Waals surface area (Å²) in [4.78, 5) is 9.50. The molecule has 0 radical (unpaired) electrons. The Kier molecular flexibility index (Phi) is 3.28. The van der Waals surface area contributed by atoms with Gasteiger partial charge in [0.25, 0.3) is 0 Å². The van der Waals surface area contributed by atoms with E-state index < -0.39 is 0 Å². The number of H-pyrrole nitrogens is 1. The third kappa shape index (κ3) is 2.52. The molecule has 0 unspecified atom stereocenters. The summed E-state index contributed by atoms with van der Waals surface area (Å²) in [7, 11) is 2.07. The standard InChI is InChI=1S/C11H15N3S/c1-14(8-15)5-4-9-2-3-10-11(6-9)13-7-12-10/h2-3,6-7,15H,4-5,8H2,1H3,(H,12,13). The molecule has 15 heavy (non-hydrogen) atoms. The van der Waals surface area contributed by atoms with E-state index in [1.165, 1.54) is 5.56 Å². The molecule has 0 aliphatic rings. The van der Waals surface area contributed by atoms with Crippen molar-refractivity contribution in [1.29, 1.82) is 0 Å². The predicted octanol–water partition coefficient (Wildman–Crippen LogP) is 1.92. The molecule has 0 fully saturated rings. The highest BCUT2D eigenvalue weighted by Gasteiger charge is 2.00. The monoisotopic (exact) mass is 221 g/mol. The fourth-order valence-electron chi connectivity index (χ4n) is 1.53. The van der Waals surface area contributed by atoms with Crippen LogP contribution in [-0.4, -0.2) is 34.3 Å². The number of nitrogens with one attached hydrogen (secondary N) is 1. The van der Waals surface area contributed by atoms with Crippen molar-refractivity contribution in [2.24, 2.45) is 0 Å². The summed E-state index contributed by atoms with van der Waals surface area (Å²) in [6.45, 7) is 1.03. The summed E-state index contributed by atoms with van der Waals surface area (Å²) in [5.74, 6) is 0.798. The van der Waals surface area contributed by atoms with Crippen molar-refractivity contribution in [3.63, 3.8) is 0 Å². The van der Waals surface area contributed by atoms with E-state index in [4.69, 9.17) is 0 Å². The maximum atomic E-state index is 4.22. The van der Waals surface area contributed by atoms with E-state index in [1.807, 2.05) is 0 Å². The molecule has 0 amide bonds. The molecule has 0 aliphatic carbocycles. The Morgan fingerprint density at radius 1 is 1.47 bits per heavy atom. The van der Waals surface area contributed by atoms with Crippen molar-refractivity contribution >= 4 is 23.7 Å². The SMILES string of the molecule is CN(CS)CCc1ccc2nc[nH]c2c1. The van der Waals surface area contributed by atoms with Crippen LogP contribution in [0.25, 0.3) is 11.0 Å². The lowest BCUT2D eigenvalue weighted by atomic mass is 10.1. The van der Waals surface area contributed by atoms with E-state index in [9.17, 15) is 0 Å². The second kappa shape index (κ2) is 4.68. The predicted molar refractivity (Wildman–Crippen MR) is 66.3 cm³/mol. The molecular weight excluding hydrogens is 206 g/mol. The average molecular weight is 221 g/mol. The fraction of sp³-hybridized carbons (Fsp3) is 0.364. The molecule has 3 nitrogen and oxygen atoms in total. The number of imidazole rings is 1. The van der Waals surface area contributed by atoms with Crippen LogP contribution >= 0.6 is 12.6 Å². The van der Waals surface area contributed by atoms with E-state index in [-0.39, 0.29) is 0 Å². The van der Waals surface area contributed by atoms with E-state index in [0.717, 1.165) is 29.9 Å². The molecule has 1 aromatic heterocycles. The van der Waals surface area contributed by atoms with Crippen LogP contribution in [0.2, 0.25) is 0 Å². The average Bonchev–Trinajstić information content (AvgIpc) is 2.72. The van der Waals surface area contributed by atoms with Gasteiger partial charge in [-0.1, -0.05) is 6.07 Å². The third-order valence-corrected chi connectivity index (χ3v) is 2.99. The van der Waals surface area contributed by atoms with Gasteiger partial charge in [0.05, 0.1) is 17.4 Å². The zero-order chi connectivity index (χ0) is 10.7. The van der Waals surface area contributed by atoms with Gasteiger partial charge in [-0.25, -0.2) is 4.98 Å².